The lowest BCUT2D eigenvalue weighted by Gasteiger charge is -2.22. The molecule has 0 saturated heterocycles. The van der Waals surface area contributed by atoms with Crippen molar-refractivity contribution in [2.24, 2.45) is 17.8 Å². The third kappa shape index (κ3) is 2.79. The van der Waals surface area contributed by atoms with E-state index in [1.165, 1.54) is 12.5 Å². The standard InChI is InChI=1S/C16H19F2NO2/c17-12-2-1-3-13(18)15(12)14(20)8-19-16(21)11-7-9-4-5-10(11)6-9/h1-3,9-11,14,20H,4-8H2,(H,19,21). The van der Waals surface area contributed by atoms with Crippen LogP contribution in [-0.4, -0.2) is 17.6 Å². The Morgan fingerprint density at radius 2 is 2.00 bits per heavy atom. The number of aliphatic hydroxyl groups excluding tert-OH is 1. The van der Waals surface area contributed by atoms with E-state index in [9.17, 15) is 18.7 Å². The van der Waals surface area contributed by atoms with Crippen molar-refractivity contribution in [2.45, 2.75) is 31.8 Å². The summed E-state index contributed by atoms with van der Waals surface area (Å²) in [5, 5.41) is 12.6. The summed E-state index contributed by atoms with van der Waals surface area (Å²) in [4.78, 5) is 12.1. The highest BCUT2D eigenvalue weighted by Crippen LogP contribution is 2.48. The van der Waals surface area contributed by atoms with Crippen molar-refractivity contribution < 1.29 is 18.7 Å². The SMILES string of the molecule is O=C(NCC(O)c1c(F)cccc1F)C1CC2CCC1C2. The fourth-order valence-electron chi connectivity index (χ4n) is 3.83. The lowest BCUT2D eigenvalue weighted by atomic mass is 9.88. The molecule has 2 fully saturated rings. The number of carbonyl (C=O) groups excluding carboxylic acids is 1. The summed E-state index contributed by atoms with van der Waals surface area (Å²) < 4.78 is 27.1. The van der Waals surface area contributed by atoms with Gasteiger partial charge in [-0.2, -0.15) is 0 Å². The van der Waals surface area contributed by atoms with Gasteiger partial charge >= 0.3 is 0 Å². The first-order chi connectivity index (χ1) is 10.1. The molecule has 4 unspecified atom stereocenters. The van der Waals surface area contributed by atoms with Crippen LogP contribution in [0, 0.1) is 29.4 Å². The second kappa shape index (κ2) is 5.72. The zero-order chi connectivity index (χ0) is 15.0. The van der Waals surface area contributed by atoms with Crippen molar-refractivity contribution >= 4 is 5.91 Å². The van der Waals surface area contributed by atoms with Crippen LogP contribution in [0.15, 0.2) is 18.2 Å². The Morgan fingerprint density at radius 3 is 2.57 bits per heavy atom. The number of hydrogen-bond acceptors (Lipinski definition) is 2. The van der Waals surface area contributed by atoms with Crippen molar-refractivity contribution in [1.29, 1.82) is 0 Å². The predicted molar refractivity (Wildman–Crippen MR) is 73.3 cm³/mol. The smallest absolute Gasteiger partial charge is 0.223 e. The summed E-state index contributed by atoms with van der Waals surface area (Å²) >= 11 is 0. The van der Waals surface area contributed by atoms with Crippen molar-refractivity contribution in [1.82, 2.24) is 5.32 Å². The third-order valence-corrected chi connectivity index (χ3v) is 4.88. The van der Waals surface area contributed by atoms with Gasteiger partial charge in [-0.05, 0) is 43.2 Å². The Bertz CT molecular complexity index is 529. The van der Waals surface area contributed by atoms with Gasteiger partial charge in [0.15, 0.2) is 0 Å². The van der Waals surface area contributed by atoms with Gasteiger partial charge < -0.3 is 10.4 Å². The van der Waals surface area contributed by atoms with E-state index in [1.54, 1.807) is 0 Å². The van der Waals surface area contributed by atoms with E-state index in [0.29, 0.717) is 11.8 Å². The number of halogens is 2. The molecule has 2 aliphatic rings. The molecule has 1 amide bonds. The minimum Gasteiger partial charge on any atom is -0.386 e. The van der Waals surface area contributed by atoms with Crippen LogP contribution >= 0.6 is 0 Å². The molecule has 114 valence electrons. The second-order valence-electron chi connectivity index (χ2n) is 6.18. The molecule has 3 nitrogen and oxygen atoms in total. The van der Waals surface area contributed by atoms with Gasteiger partial charge in [-0.15, -0.1) is 0 Å². The highest BCUT2D eigenvalue weighted by molar-refractivity contribution is 5.79. The van der Waals surface area contributed by atoms with Crippen LogP contribution in [0.1, 0.15) is 37.4 Å². The van der Waals surface area contributed by atoms with E-state index in [0.717, 1.165) is 31.4 Å². The quantitative estimate of drug-likeness (QED) is 0.897. The van der Waals surface area contributed by atoms with Gasteiger partial charge in [0.2, 0.25) is 5.91 Å². The van der Waals surface area contributed by atoms with E-state index in [1.807, 2.05) is 0 Å². The Balaban J connectivity index is 1.58. The summed E-state index contributed by atoms with van der Waals surface area (Å²) in [6.07, 6.45) is 2.95. The Kier molecular flexibility index (Phi) is 3.93. The molecule has 0 radical (unpaired) electrons. The van der Waals surface area contributed by atoms with Crippen LogP contribution in [0.5, 0.6) is 0 Å². The van der Waals surface area contributed by atoms with Gasteiger partial charge in [0.25, 0.3) is 0 Å². The first kappa shape index (κ1) is 14.4. The molecule has 3 rings (SSSR count). The zero-order valence-corrected chi connectivity index (χ0v) is 11.7. The van der Waals surface area contributed by atoms with Crippen molar-refractivity contribution in [3.63, 3.8) is 0 Å². The Labute approximate surface area is 122 Å². The Hall–Kier alpha value is -1.49. The third-order valence-electron chi connectivity index (χ3n) is 4.88. The number of hydrogen-bond donors (Lipinski definition) is 2. The molecular formula is C16H19F2NO2. The fourth-order valence-corrected chi connectivity index (χ4v) is 3.83. The van der Waals surface area contributed by atoms with Gasteiger partial charge in [0.1, 0.15) is 17.7 Å². The molecule has 0 spiro atoms. The van der Waals surface area contributed by atoms with Crippen molar-refractivity contribution in [3.8, 4) is 0 Å². The highest BCUT2D eigenvalue weighted by Gasteiger charge is 2.43. The molecule has 2 N–H and O–H groups in total. The van der Waals surface area contributed by atoms with E-state index < -0.39 is 17.7 Å². The number of aliphatic hydroxyl groups is 1. The van der Waals surface area contributed by atoms with Crippen LogP contribution in [0.4, 0.5) is 8.78 Å². The molecule has 5 heteroatoms. The molecule has 1 aromatic rings. The number of nitrogens with one attached hydrogen (secondary N) is 1. The first-order valence-corrected chi connectivity index (χ1v) is 7.46. The predicted octanol–water partition coefficient (Wildman–Crippen LogP) is 2.55. The molecule has 2 bridgehead atoms. The van der Waals surface area contributed by atoms with Crippen LogP contribution < -0.4 is 5.32 Å². The minimum atomic E-state index is -1.37. The van der Waals surface area contributed by atoms with Gasteiger partial charge in [-0.3, -0.25) is 4.79 Å². The molecule has 4 atom stereocenters. The second-order valence-corrected chi connectivity index (χ2v) is 6.18. The summed E-state index contributed by atoms with van der Waals surface area (Å²) in [5.74, 6) is -0.593. The fraction of sp³-hybridized carbons (Fsp3) is 0.562. The maximum atomic E-state index is 13.5. The number of rotatable bonds is 4. The lowest BCUT2D eigenvalue weighted by Crippen LogP contribution is -2.36. The number of benzene rings is 1. The average Bonchev–Trinajstić information content (AvgIpc) is 3.07. The topological polar surface area (TPSA) is 49.3 Å². The maximum Gasteiger partial charge on any atom is 0.223 e. The van der Waals surface area contributed by atoms with Crippen LogP contribution in [0.3, 0.4) is 0 Å². The molecule has 2 aliphatic carbocycles. The van der Waals surface area contributed by atoms with E-state index in [4.69, 9.17) is 0 Å². The monoisotopic (exact) mass is 295 g/mol. The summed E-state index contributed by atoms with van der Waals surface area (Å²) in [6, 6.07) is 3.44. The van der Waals surface area contributed by atoms with E-state index in [-0.39, 0.29) is 23.9 Å². The summed E-state index contributed by atoms with van der Waals surface area (Å²) in [7, 11) is 0. The molecule has 21 heavy (non-hydrogen) atoms. The molecular weight excluding hydrogens is 276 g/mol. The molecule has 0 aliphatic heterocycles. The number of fused-ring (bicyclic) bond motifs is 2. The van der Waals surface area contributed by atoms with Crippen LogP contribution in [0.25, 0.3) is 0 Å². The normalized spacial score (nSPS) is 28.6. The number of carbonyl (C=O) groups is 1. The molecule has 0 aromatic heterocycles. The number of amides is 1. The average molecular weight is 295 g/mol. The van der Waals surface area contributed by atoms with Gasteiger partial charge in [-0.1, -0.05) is 12.5 Å². The van der Waals surface area contributed by atoms with Crippen LogP contribution in [-0.2, 0) is 4.79 Å². The van der Waals surface area contributed by atoms with Gasteiger partial charge in [-0.25, -0.2) is 8.78 Å². The summed E-state index contributed by atoms with van der Waals surface area (Å²) in [6.45, 7) is -0.162. The van der Waals surface area contributed by atoms with Gasteiger partial charge in [0, 0.05) is 12.5 Å². The first-order valence-electron chi connectivity index (χ1n) is 7.46. The molecule has 2 saturated carbocycles. The van der Waals surface area contributed by atoms with E-state index >= 15 is 0 Å². The minimum absolute atomic E-state index is 0.00131. The molecule has 0 heterocycles. The zero-order valence-electron chi connectivity index (χ0n) is 11.7. The van der Waals surface area contributed by atoms with Crippen LogP contribution in [0.2, 0.25) is 0 Å². The highest BCUT2D eigenvalue weighted by atomic mass is 19.1. The maximum absolute atomic E-state index is 13.5. The largest absolute Gasteiger partial charge is 0.386 e. The molecule has 1 aromatic carbocycles. The van der Waals surface area contributed by atoms with Crippen molar-refractivity contribution in [2.75, 3.05) is 6.54 Å². The lowest BCUT2D eigenvalue weighted by molar-refractivity contribution is -0.127. The van der Waals surface area contributed by atoms with Gasteiger partial charge in [0.05, 0.1) is 5.56 Å². The Morgan fingerprint density at radius 1 is 1.29 bits per heavy atom. The summed E-state index contributed by atoms with van der Waals surface area (Å²) in [5.41, 5.74) is -0.384. The van der Waals surface area contributed by atoms with E-state index in [2.05, 4.69) is 5.32 Å². The van der Waals surface area contributed by atoms with Crippen molar-refractivity contribution in [3.05, 3.63) is 35.4 Å².